The van der Waals surface area contributed by atoms with Gasteiger partial charge < -0.3 is 24.6 Å². The highest BCUT2D eigenvalue weighted by molar-refractivity contribution is 6.05. The molecule has 35 heavy (non-hydrogen) atoms. The first-order chi connectivity index (χ1) is 16.9. The van der Waals surface area contributed by atoms with Gasteiger partial charge in [-0.3, -0.25) is 19.3 Å². The zero-order chi connectivity index (χ0) is 24.7. The van der Waals surface area contributed by atoms with Gasteiger partial charge in [-0.1, -0.05) is 6.07 Å². The molecule has 0 aromatic heterocycles. The van der Waals surface area contributed by atoms with Gasteiger partial charge in [0, 0.05) is 32.1 Å². The van der Waals surface area contributed by atoms with Crippen molar-refractivity contribution in [3.63, 3.8) is 0 Å². The maximum atomic E-state index is 13.2. The van der Waals surface area contributed by atoms with Crippen LogP contribution in [0.15, 0.2) is 18.2 Å². The lowest BCUT2D eigenvalue weighted by atomic mass is 9.76. The largest absolute Gasteiger partial charge is 0.493 e. The molecular formula is C25H32N4O6. The first-order valence-corrected chi connectivity index (χ1v) is 12.3. The standard InChI is InChI=1S/C25H32N4O6/c1-34-20-7-6-15(9-21(20)35-2)12-29-24(32)18(26-25(29)33)10-23(31)27-11-16-8-17(14-27)19-4-3-5-22(30)28(19)13-16/h6-7,9,16-19H,3-5,8,10-14H2,1-2H3,(H,26,33)/t16-,17+,18?,19?/m1/s1. The Balaban J connectivity index is 1.21. The fraction of sp³-hybridized carbons (Fsp3) is 0.600. The van der Waals surface area contributed by atoms with Gasteiger partial charge in [0.15, 0.2) is 11.5 Å². The highest BCUT2D eigenvalue weighted by atomic mass is 16.5. The van der Waals surface area contributed by atoms with E-state index in [1.165, 1.54) is 14.2 Å². The molecule has 4 atom stereocenters. The molecule has 0 radical (unpaired) electrons. The van der Waals surface area contributed by atoms with Gasteiger partial charge in [-0.2, -0.15) is 0 Å². The lowest BCUT2D eigenvalue weighted by Gasteiger charge is -2.52. The van der Waals surface area contributed by atoms with Crippen LogP contribution in [-0.2, 0) is 20.9 Å². The fourth-order valence-corrected chi connectivity index (χ4v) is 6.14. The fourth-order valence-electron chi connectivity index (χ4n) is 6.14. The summed E-state index contributed by atoms with van der Waals surface area (Å²) >= 11 is 0. The topological polar surface area (TPSA) is 108 Å². The summed E-state index contributed by atoms with van der Waals surface area (Å²) in [7, 11) is 3.06. The molecule has 0 spiro atoms. The minimum absolute atomic E-state index is 0.0558. The van der Waals surface area contributed by atoms with Crippen LogP contribution >= 0.6 is 0 Å². The minimum atomic E-state index is -0.871. The second-order valence-electron chi connectivity index (χ2n) is 9.99. The van der Waals surface area contributed by atoms with Crippen LogP contribution in [0.25, 0.3) is 0 Å². The molecule has 0 saturated carbocycles. The summed E-state index contributed by atoms with van der Waals surface area (Å²) in [6.45, 7) is 1.99. The number of imide groups is 1. The number of amides is 5. The number of rotatable bonds is 6. The van der Waals surface area contributed by atoms with Crippen molar-refractivity contribution in [3.8, 4) is 11.5 Å². The summed E-state index contributed by atoms with van der Waals surface area (Å²) in [6.07, 6.45) is 3.51. The minimum Gasteiger partial charge on any atom is -0.493 e. The molecule has 5 rings (SSSR count). The molecule has 0 aliphatic carbocycles. The second kappa shape index (κ2) is 9.39. The van der Waals surface area contributed by atoms with Crippen molar-refractivity contribution >= 4 is 23.8 Å². The van der Waals surface area contributed by atoms with E-state index in [1.807, 2.05) is 9.80 Å². The number of piperidine rings is 3. The van der Waals surface area contributed by atoms with Crippen molar-refractivity contribution in [2.24, 2.45) is 11.8 Å². The molecule has 4 fully saturated rings. The number of fused-ring (bicyclic) bond motifs is 4. The van der Waals surface area contributed by atoms with E-state index < -0.39 is 18.0 Å². The number of hydrogen-bond donors (Lipinski definition) is 1. The Morgan fingerprint density at radius 1 is 1.09 bits per heavy atom. The highest BCUT2D eigenvalue weighted by Crippen LogP contribution is 2.38. The second-order valence-corrected chi connectivity index (χ2v) is 9.99. The Labute approximate surface area is 204 Å². The number of carbonyl (C=O) groups excluding carboxylic acids is 4. The number of hydrogen-bond acceptors (Lipinski definition) is 6. The molecule has 2 bridgehead atoms. The maximum Gasteiger partial charge on any atom is 0.325 e. The van der Waals surface area contributed by atoms with Gasteiger partial charge in [0.1, 0.15) is 6.04 Å². The SMILES string of the molecule is COc1ccc(CN2C(=O)NC(CC(=O)N3C[C@H]4C[C@@H](C3)C3CCCC(=O)N3C4)C2=O)cc1OC. The molecule has 188 valence electrons. The van der Waals surface area contributed by atoms with Gasteiger partial charge in [0.05, 0.1) is 27.2 Å². The average molecular weight is 485 g/mol. The Morgan fingerprint density at radius 3 is 2.66 bits per heavy atom. The lowest BCUT2D eigenvalue weighted by molar-refractivity contribution is -0.149. The summed E-state index contributed by atoms with van der Waals surface area (Å²) in [4.78, 5) is 56.1. The maximum absolute atomic E-state index is 13.2. The number of ether oxygens (including phenoxy) is 2. The molecule has 2 unspecified atom stereocenters. The summed E-state index contributed by atoms with van der Waals surface area (Å²) in [5, 5.41) is 2.68. The van der Waals surface area contributed by atoms with E-state index >= 15 is 0 Å². The molecule has 4 aliphatic heterocycles. The molecule has 5 amide bonds. The van der Waals surface area contributed by atoms with Crippen LogP contribution in [0.2, 0.25) is 0 Å². The number of urea groups is 1. The Bertz CT molecular complexity index is 1040. The van der Waals surface area contributed by atoms with Crippen molar-refractivity contribution < 1.29 is 28.7 Å². The van der Waals surface area contributed by atoms with Crippen LogP contribution in [0, 0.1) is 11.8 Å². The molecule has 4 saturated heterocycles. The van der Waals surface area contributed by atoms with E-state index in [0.29, 0.717) is 43.1 Å². The number of methoxy groups -OCH3 is 2. The van der Waals surface area contributed by atoms with Gasteiger partial charge >= 0.3 is 6.03 Å². The zero-order valence-corrected chi connectivity index (χ0v) is 20.2. The molecule has 10 heteroatoms. The third-order valence-electron chi connectivity index (χ3n) is 7.81. The Kier molecular flexibility index (Phi) is 6.29. The zero-order valence-electron chi connectivity index (χ0n) is 20.2. The molecule has 10 nitrogen and oxygen atoms in total. The molecule has 4 aliphatic rings. The molecule has 1 aromatic rings. The average Bonchev–Trinajstić information content (AvgIpc) is 3.11. The predicted molar refractivity (Wildman–Crippen MR) is 125 cm³/mol. The number of nitrogens with zero attached hydrogens (tertiary/aromatic N) is 3. The van der Waals surface area contributed by atoms with Crippen molar-refractivity contribution in [1.82, 2.24) is 20.0 Å². The van der Waals surface area contributed by atoms with Crippen LogP contribution < -0.4 is 14.8 Å². The predicted octanol–water partition coefficient (Wildman–Crippen LogP) is 1.37. The highest BCUT2D eigenvalue weighted by Gasteiger charge is 2.46. The molecule has 4 heterocycles. The number of benzene rings is 1. The smallest absolute Gasteiger partial charge is 0.325 e. The molecule has 1 aromatic carbocycles. The summed E-state index contributed by atoms with van der Waals surface area (Å²) < 4.78 is 10.5. The normalized spacial score (nSPS) is 28.1. The number of likely N-dealkylation sites (tertiary alicyclic amines) is 1. The summed E-state index contributed by atoms with van der Waals surface area (Å²) in [5.41, 5.74) is 0.716. The van der Waals surface area contributed by atoms with Crippen LogP contribution in [0.5, 0.6) is 11.5 Å². The van der Waals surface area contributed by atoms with E-state index in [1.54, 1.807) is 18.2 Å². The van der Waals surface area contributed by atoms with Crippen LogP contribution in [-0.4, -0.2) is 84.4 Å². The summed E-state index contributed by atoms with van der Waals surface area (Å²) in [5.74, 6) is 1.34. The van der Waals surface area contributed by atoms with Gasteiger partial charge in [0.25, 0.3) is 5.91 Å². The van der Waals surface area contributed by atoms with Crippen molar-refractivity contribution in [1.29, 1.82) is 0 Å². The number of carbonyl (C=O) groups is 4. The van der Waals surface area contributed by atoms with E-state index in [-0.39, 0.29) is 42.7 Å². The Hall–Kier alpha value is -3.30. The first-order valence-electron chi connectivity index (χ1n) is 12.3. The van der Waals surface area contributed by atoms with Crippen LogP contribution in [0.1, 0.15) is 37.7 Å². The summed E-state index contributed by atoms with van der Waals surface area (Å²) in [6, 6.07) is 4.06. The third kappa shape index (κ3) is 4.41. The van der Waals surface area contributed by atoms with E-state index in [2.05, 4.69) is 5.32 Å². The van der Waals surface area contributed by atoms with E-state index in [9.17, 15) is 19.2 Å². The van der Waals surface area contributed by atoms with Crippen LogP contribution in [0.3, 0.4) is 0 Å². The van der Waals surface area contributed by atoms with Gasteiger partial charge in [-0.05, 0) is 48.8 Å². The quantitative estimate of drug-likeness (QED) is 0.611. The van der Waals surface area contributed by atoms with Crippen molar-refractivity contribution in [2.45, 2.75) is 50.7 Å². The first kappa shape index (κ1) is 23.4. The molecular weight excluding hydrogens is 452 g/mol. The van der Waals surface area contributed by atoms with E-state index in [4.69, 9.17) is 9.47 Å². The lowest BCUT2D eigenvalue weighted by Crippen LogP contribution is -2.61. The van der Waals surface area contributed by atoms with E-state index in [0.717, 1.165) is 24.2 Å². The van der Waals surface area contributed by atoms with Crippen molar-refractivity contribution in [3.05, 3.63) is 23.8 Å². The van der Waals surface area contributed by atoms with Gasteiger partial charge in [-0.25, -0.2) is 4.79 Å². The Morgan fingerprint density at radius 2 is 1.89 bits per heavy atom. The van der Waals surface area contributed by atoms with Crippen LogP contribution in [0.4, 0.5) is 4.79 Å². The van der Waals surface area contributed by atoms with Crippen molar-refractivity contribution in [2.75, 3.05) is 33.9 Å². The van der Waals surface area contributed by atoms with Gasteiger partial charge in [0.2, 0.25) is 11.8 Å². The monoisotopic (exact) mass is 484 g/mol. The molecule has 1 N–H and O–H groups in total. The van der Waals surface area contributed by atoms with Gasteiger partial charge in [-0.15, -0.1) is 0 Å². The number of nitrogens with one attached hydrogen (secondary N) is 1. The third-order valence-corrected chi connectivity index (χ3v) is 7.81.